The molecule has 84 valence electrons. The molecule has 0 unspecified atom stereocenters. The second kappa shape index (κ2) is 4.37. The Morgan fingerprint density at radius 2 is 2.25 bits per heavy atom. The SMILES string of the molecule is COc1cccc(-c2cc(CO)c(C)o2)n1. The molecule has 16 heavy (non-hydrogen) atoms. The number of aryl methyl sites for hydroxylation is 1. The number of nitrogens with zero attached hydrogens (tertiary/aromatic N) is 1. The monoisotopic (exact) mass is 219 g/mol. The molecule has 4 nitrogen and oxygen atoms in total. The molecular formula is C12H13NO3. The molecule has 2 rings (SSSR count). The Kier molecular flexibility index (Phi) is 2.92. The third-order valence-corrected chi connectivity index (χ3v) is 2.38. The highest BCUT2D eigenvalue weighted by Gasteiger charge is 2.10. The largest absolute Gasteiger partial charge is 0.481 e. The highest BCUT2D eigenvalue weighted by molar-refractivity contribution is 5.54. The predicted molar refractivity (Wildman–Crippen MR) is 59.2 cm³/mol. The summed E-state index contributed by atoms with van der Waals surface area (Å²) < 4.78 is 10.6. The van der Waals surface area contributed by atoms with Gasteiger partial charge in [-0.3, -0.25) is 0 Å². The highest BCUT2D eigenvalue weighted by Crippen LogP contribution is 2.25. The fourth-order valence-electron chi connectivity index (χ4n) is 1.47. The maximum absolute atomic E-state index is 9.07. The summed E-state index contributed by atoms with van der Waals surface area (Å²) in [7, 11) is 1.57. The minimum Gasteiger partial charge on any atom is -0.481 e. The molecule has 0 aliphatic heterocycles. The Morgan fingerprint density at radius 1 is 1.44 bits per heavy atom. The van der Waals surface area contributed by atoms with Crippen LogP contribution in [0.4, 0.5) is 0 Å². The van der Waals surface area contributed by atoms with E-state index in [0.717, 1.165) is 5.56 Å². The van der Waals surface area contributed by atoms with Crippen LogP contribution in [-0.4, -0.2) is 17.2 Å². The Labute approximate surface area is 93.5 Å². The lowest BCUT2D eigenvalue weighted by atomic mass is 10.2. The summed E-state index contributed by atoms with van der Waals surface area (Å²) in [5, 5.41) is 9.07. The number of aliphatic hydroxyl groups is 1. The van der Waals surface area contributed by atoms with Crippen molar-refractivity contribution in [3.05, 3.63) is 35.6 Å². The van der Waals surface area contributed by atoms with Gasteiger partial charge < -0.3 is 14.3 Å². The first-order chi connectivity index (χ1) is 7.74. The number of aliphatic hydroxyl groups excluding tert-OH is 1. The molecule has 0 saturated heterocycles. The van der Waals surface area contributed by atoms with E-state index in [1.54, 1.807) is 19.2 Å². The molecule has 4 heteroatoms. The van der Waals surface area contributed by atoms with Crippen LogP contribution in [0.1, 0.15) is 11.3 Å². The summed E-state index contributed by atoms with van der Waals surface area (Å²) in [5.41, 5.74) is 1.47. The number of furan rings is 1. The van der Waals surface area contributed by atoms with Crippen molar-refractivity contribution in [1.82, 2.24) is 4.98 Å². The van der Waals surface area contributed by atoms with Crippen LogP contribution in [-0.2, 0) is 6.61 Å². The standard InChI is InChI=1S/C12H13NO3/c1-8-9(7-14)6-11(16-8)10-4-3-5-12(13-10)15-2/h3-6,14H,7H2,1-2H3. The van der Waals surface area contributed by atoms with Crippen molar-refractivity contribution in [2.24, 2.45) is 0 Å². The van der Waals surface area contributed by atoms with Gasteiger partial charge in [0.1, 0.15) is 11.5 Å². The van der Waals surface area contributed by atoms with Crippen molar-refractivity contribution >= 4 is 0 Å². The van der Waals surface area contributed by atoms with Gasteiger partial charge in [0.05, 0.1) is 13.7 Å². The zero-order valence-electron chi connectivity index (χ0n) is 9.23. The lowest BCUT2D eigenvalue weighted by molar-refractivity contribution is 0.279. The van der Waals surface area contributed by atoms with Gasteiger partial charge in [-0.15, -0.1) is 0 Å². The van der Waals surface area contributed by atoms with Gasteiger partial charge in [-0.1, -0.05) is 6.07 Å². The molecule has 1 N–H and O–H groups in total. The van der Waals surface area contributed by atoms with Crippen LogP contribution >= 0.6 is 0 Å². The van der Waals surface area contributed by atoms with Crippen molar-refractivity contribution in [2.75, 3.05) is 7.11 Å². The minimum atomic E-state index is -0.0285. The second-order valence-electron chi connectivity index (χ2n) is 3.42. The average Bonchev–Trinajstić information content (AvgIpc) is 2.71. The van der Waals surface area contributed by atoms with Crippen LogP contribution in [0.15, 0.2) is 28.7 Å². The molecule has 0 amide bonds. The molecule has 0 fully saturated rings. The van der Waals surface area contributed by atoms with Gasteiger partial charge in [-0.05, 0) is 19.1 Å². The molecule has 0 atom stereocenters. The van der Waals surface area contributed by atoms with Gasteiger partial charge >= 0.3 is 0 Å². The van der Waals surface area contributed by atoms with Crippen molar-refractivity contribution in [3.8, 4) is 17.3 Å². The summed E-state index contributed by atoms with van der Waals surface area (Å²) >= 11 is 0. The van der Waals surface area contributed by atoms with Gasteiger partial charge in [-0.2, -0.15) is 0 Å². The normalized spacial score (nSPS) is 10.4. The number of hydrogen-bond acceptors (Lipinski definition) is 4. The van der Waals surface area contributed by atoms with Crippen LogP contribution in [0.5, 0.6) is 5.88 Å². The van der Waals surface area contributed by atoms with E-state index < -0.39 is 0 Å². The van der Waals surface area contributed by atoms with Crippen LogP contribution in [0.3, 0.4) is 0 Å². The zero-order chi connectivity index (χ0) is 11.5. The van der Waals surface area contributed by atoms with E-state index in [0.29, 0.717) is 23.1 Å². The Morgan fingerprint density at radius 3 is 2.88 bits per heavy atom. The van der Waals surface area contributed by atoms with E-state index in [2.05, 4.69) is 4.98 Å². The van der Waals surface area contributed by atoms with Crippen LogP contribution < -0.4 is 4.74 Å². The Hall–Kier alpha value is -1.81. The number of hydrogen-bond donors (Lipinski definition) is 1. The van der Waals surface area contributed by atoms with Crippen LogP contribution in [0.25, 0.3) is 11.5 Å². The quantitative estimate of drug-likeness (QED) is 0.859. The van der Waals surface area contributed by atoms with E-state index in [1.807, 2.05) is 19.1 Å². The Balaban J connectivity index is 2.41. The third-order valence-electron chi connectivity index (χ3n) is 2.38. The van der Waals surface area contributed by atoms with E-state index in [9.17, 15) is 0 Å². The Bertz CT molecular complexity index is 491. The molecule has 0 aliphatic carbocycles. The van der Waals surface area contributed by atoms with Crippen LogP contribution in [0.2, 0.25) is 0 Å². The molecule has 2 aromatic heterocycles. The summed E-state index contributed by atoms with van der Waals surface area (Å²) in [6, 6.07) is 7.24. The number of methoxy groups -OCH3 is 1. The van der Waals surface area contributed by atoms with Crippen molar-refractivity contribution in [3.63, 3.8) is 0 Å². The minimum absolute atomic E-state index is 0.0285. The third kappa shape index (κ3) is 1.92. The highest BCUT2D eigenvalue weighted by atomic mass is 16.5. The lowest BCUT2D eigenvalue weighted by Gasteiger charge is -1.99. The number of aromatic nitrogens is 1. The van der Waals surface area contributed by atoms with Crippen molar-refractivity contribution in [1.29, 1.82) is 0 Å². The van der Waals surface area contributed by atoms with E-state index in [1.165, 1.54) is 0 Å². The fraction of sp³-hybridized carbons (Fsp3) is 0.250. The van der Waals surface area contributed by atoms with E-state index in [4.69, 9.17) is 14.3 Å². The first-order valence-electron chi connectivity index (χ1n) is 4.96. The first-order valence-corrected chi connectivity index (χ1v) is 4.96. The van der Waals surface area contributed by atoms with E-state index >= 15 is 0 Å². The first kappa shape index (κ1) is 10.7. The number of rotatable bonds is 3. The number of ether oxygens (including phenoxy) is 1. The maximum Gasteiger partial charge on any atom is 0.213 e. The van der Waals surface area contributed by atoms with Gasteiger partial charge in [0.2, 0.25) is 5.88 Å². The maximum atomic E-state index is 9.07. The topological polar surface area (TPSA) is 55.5 Å². The van der Waals surface area contributed by atoms with Crippen LogP contribution in [0, 0.1) is 6.92 Å². The number of pyridine rings is 1. The second-order valence-corrected chi connectivity index (χ2v) is 3.42. The molecule has 0 radical (unpaired) electrons. The molecule has 0 saturated carbocycles. The van der Waals surface area contributed by atoms with Gasteiger partial charge in [0, 0.05) is 11.6 Å². The molecule has 0 aliphatic rings. The average molecular weight is 219 g/mol. The molecule has 0 spiro atoms. The molecule has 2 heterocycles. The summed E-state index contributed by atoms with van der Waals surface area (Å²) in [5.74, 6) is 1.89. The summed E-state index contributed by atoms with van der Waals surface area (Å²) in [4.78, 5) is 4.25. The zero-order valence-corrected chi connectivity index (χ0v) is 9.23. The predicted octanol–water partition coefficient (Wildman–Crippen LogP) is 2.15. The summed E-state index contributed by atoms with van der Waals surface area (Å²) in [6.45, 7) is 1.79. The fourth-order valence-corrected chi connectivity index (χ4v) is 1.47. The van der Waals surface area contributed by atoms with Gasteiger partial charge in [-0.25, -0.2) is 4.98 Å². The molecule has 2 aromatic rings. The molecule has 0 bridgehead atoms. The van der Waals surface area contributed by atoms with Crippen molar-refractivity contribution < 1.29 is 14.3 Å². The molecule has 0 aromatic carbocycles. The van der Waals surface area contributed by atoms with Crippen molar-refractivity contribution in [2.45, 2.75) is 13.5 Å². The molecular weight excluding hydrogens is 206 g/mol. The van der Waals surface area contributed by atoms with E-state index in [-0.39, 0.29) is 6.61 Å². The smallest absolute Gasteiger partial charge is 0.213 e. The lowest BCUT2D eigenvalue weighted by Crippen LogP contribution is -1.88. The van der Waals surface area contributed by atoms with Gasteiger partial charge in [0.15, 0.2) is 5.76 Å². The van der Waals surface area contributed by atoms with Gasteiger partial charge in [0.25, 0.3) is 0 Å². The summed E-state index contributed by atoms with van der Waals surface area (Å²) in [6.07, 6.45) is 0.